The molecule has 0 radical (unpaired) electrons. The summed E-state index contributed by atoms with van der Waals surface area (Å²) in [5.41, 5.74) is 2.10. The van der Waals surface area contributed by atoms with Crippen LogP contribution < -0.4 is 0 Å². The molecule has 1 atom stereocenters. The van der Waals surface area contributed by atoms with E-state index in [2.05, 4.69) is 61.5 Å². The molecule has 0 aromatic heterocycles. The third kappa shape index (κ3) is 1.32. The summed E-state index contributed by atoms with van der Waals surface area (Å²) in [6.07, 6.45) is 0.907. The van der Waals surface area contributed by atoms with Crippen molar-refractivity contribution in [1.82, 2.24) is 0 Å². The van der Waals surface area contributed by atoms with Gasteiger partial charge in [0.2, 0.25) is 0 Å². The van der Waals surface area contributed by atoms with Crippen LogP contribution in [0.5, 0.6) is 0 Å². The van der Waals surface area contributed by atoms with Gasteiger partial charge in [-0.25, -0.2) is 0 Å². The van der Waals surface area contributed by atoms with E-state index in [1.165, 1.54) is 11.1 Å². The molecule has 88 valence electrons. The van der Waals surface area contributed by atoms with Gasteiger partial charge in [-0.1, -0.05) is 60.7 Å². The Morgan fingerprint density at radius 2 is 1.33 bits per heavy atom. The molecule has 0 saturated heterocycles. The lowest BCUT2D eigenvalue weighted by Crippen LogP contribution is -2.17. The molecule has 1 nitrogen and oxygen atoms in total. The first-order valence-corrected chi connectivity index (χ1v) is 6.25. The molecule has 2 aromatic rings. The van der Waals surface area contributed by atoms with Crippen LogP contribution in [0, 0.1) is 16.7 Å². The van der Waals surface area contributed by atoms with Gasteiger partial charge in [0.05, 0.1) is 11.5 Å². The standard InChI is InChI=1S/C17H15N/c1-16(13-18)12-17(16,14-8-4-2-5-9-14)15-10-6-3-7-11-15/h2-11H,12H2,1H3/t16-/m1/s1. The van der Waals surface area contributed by atoms with Crippen molar-refractivity contribution in [3.05, 3.63) is 71.8 Å². The van der Waals surface area contributed by atoms with Crippen molar-refractivity contribution >= 4 is 0 Å². The Bertz CT molecular complexity index is 555. The minimum Gasteiger partial charge on any atom is -0.198 e. The fourth-order valence-corrected chi connectivity index (χ4v) is 3.07. The van der Waals surface area contributed by atoms with Gasteiger partial charge in [-0.15, -0.1) is 0 Å². The van der Waals surface area contributed by atoms with Crippen molar-refractivity contribution in [2.75, 3.05) is 0 Å². The molecule has 0 unspecified atom stereocenters. The Labute approximate surface area is 108 Å². The van der Waals surface area contributed by atoms with Crippen LogP contribution in [0.2, 0.25) is 0 Å². The molecule has 0 spiro atoms. The Morgan fingerprint density at radius 3 is 1.67 bits per heavy atom. The topological polar surface area (TPSA) is 23.8 Å². The lowest BCUT2D eigenvalue weighted by Gasteiger charge is -2.20. The van der Waals surface area contributed by atoms with Gasteiger partial charge in [0.25, 0.3) is 0 Å². The van der Waals surface area contributed by atoms with Crippen LogP contribution in [0.15, 0.2) is 60.7 Å². The summed E-state index contributed by atoms with van der Waals surface area (Å²) in [5.74, 6) is 0. The fraction of sp³-hybridized carbons (Fsp3) is 0.235. The molecule has 1 saturated carbocycles. The van der Waals surface area contributed by atoms with Gasteiger partial charge in [0.15, 0.2) is 0 Å². The maximum Gasteiger partial charge on any atom is 0.0700 e. The average Bonchev–Trinajstić information content (AvgIpc) is 3.09. The number of nitriles is 1. The Morgan fingerprint density at radius 1 is 0.889 bits per heavy atom. The SMILES string of the molecule is C[C@]1(C#N)CC1(c1ccccc1)c1ccccc1. The zero-order chi connectivity index (χ0) is 12.6. The van der Waals surface area contributed by atoms with Gasteiger partial charge in [0, 0.05) is 5.41 Å². The molecule has 0 heterocycles. The molecule has 0 bridgehead atoms. The number of hydrogen-bond donors (Lipinski definition) is 0. The quantitative estimate of drug-likeness (QED) is 0.771. The zero-order valence-corrected chi connectivity index (χ0v) is 10.4. The van der Waals surface area contributed by atoms with E-state index in [4.69, 9.17) is 0 Å². The molecule has 0 N–H and O–H groups in total. The molecule has 1 heteroatoms. The van der Waals surface area contributed by atoms with Crippen LogP contribution in [-0.4, -0.2) is 0 Å². The smallest absolute Gasteiger partial charge is 0.0700 e. The predicted molar refractivity (Wildman–Crippen MR) is 72.0 cm³/mol. The molecule has 0 amide bonds. The van der Waals surface area contributed by atoms with Crippen LogP contribution in [0.4, 0.5) is 0 Å². The van der Waals surface area contributed by atoms with E-state index < -0.39 is 0 Å². The van der Waals surface area contributed by atoms with Crippen molar-refractivity contribution in [1.29, 1.82) is 5.26 Å². The van der Waals surface area contributed by atoms with E-state index in [-0.39, 0.29) is 10.8 Å². The first-order valence-electron chi connectivity index (χ1n) is 6.25. The van der Waals surface area contributed by atoms with Crippen LogP contribution in [-0.2, 0) is 5.41 Å². The van der Waals surface area contributed by atoms with Crippen molar-refractivity contribution in [2.24, 2.45) is 5.41 Å². The van der Waals surface area contributed by atoms with E-state index in [1.54, 1.807) is 0 Å². The zero-order valence-electron chi connectivity index (χ0n) is 10.4. The summed E-state index contributed by atoms with van der Waals surface area (Å²) in [6, 6.07) is 23.3. The lowest BCUT2D eigenvalue weighted by molar-refractivity contribution is 0.633. The molecule has 0 aliphatic heterocycles. The second kappa shape index (κ2) is 3.71. The molecule has 18 heavy (non-hydrogen) atoms. The molecule has 1 aliphatic rings. The van der Waals surface area contributed by atoms with Gasteiger partial charge in [-0.05, 0) is 24.5 Å². The van der Waals surface area contributed by atoms with Crippen molar-refractivity contribution in [3.8, 4) is 6.07 Å². The highest BCUT2D eigenvalue weighted by molar-refractivity contribution is 5.53. The van der Waals surface area contributed by atoms with Gasteiger partial charge >= 0.3 is 0 Å². The lowest BCUT2D eigenvalue weighted by atomic mass is 9.81. The van der Waals surface area contributed by atoms with E-state index in [1.807, 2.05) is 12.1 Å². The summed E-state index contributed by atoms with van der Waals surface area (Å²) in [6.45, 7) is 2.06. The molecule has 1 aliphatic carbocycles. The normalized spacial score (nSPS) is 24.2. The molecule has 1 fully saturated rings. The van der Waals surface area contributed by atoms with Gasteiger partial charge in [-0.2, -0.15) is 5.26 Å². The second-order valence-electron chi connectivity index (χ2n) is 5.26. The summed E-state index contributed by atoms with van der Waals surface area (Å²) in [7, 11) is 0. The first kappa shape index (κ1) is 11.0. The predicted octanol–water partition coefficient (Wildman–Crippen LogP) is 3.91. The highest BCUT2D eigenvalue weighted by Gasteiger charge is 2.66. The number of rotatable bonds is 2. The van der Waals surface area contributed by atoms with E-state index in [0.29, 0.717) is 0 Å². The van der Waals surface area contributed by atoms with E-state index in [9.17, 15) is 5.26 Å². The van der Waals surface area contributed by atoms with Crippen molar-refractivity contribution in [3.63, 3.8) is 0 Å². The monoisotopic (exact) mass is 233 g/mol. The summed E-state index contributed by atoms with van der Waals surface area (Å²) in [5, 5.41) is 9.47. The van der Waals surface area contributed by atoms with E-state index in [0.717, 1.165) is 6.42 Å². The Balaban J connectivity index is 2.18. The van der Waals surface area contributed by atoms with Gasteiger partial charge < -0.3 is 0 Å². The van der Waals surface area contributed by atoms with Crippen LogP contribution in [0.1, 0.15) is 24.5 Å². The summed E-state index contributed by atoms with van der Waals surface area (Å²) >= 11 is 0. The summed E-state index contributed by atoms with van der Waals surface area (Å²) < 4.78 is 0. The minimum atomic E-state index is -0.282. The Kier molecular flexibility index (Phi) is 2.28. The highest BCUT2D eigenvalue weighted by atomic mass is 14.7. The van der Waals surface area contributed by atoms with Crippen LogP contribution in [0.25, 0.3) is 0 Å². The third-order valence-electron chi connectivity index (χ3n) is 4.22. The molecule has 3 rings (SSSR count). The van der Waals surface area contributed by atoms with Gasteiger partial charge in [-0.3, -0.25) is 0 Å². The highest BCUT2D eigenvalue weighted by Crippen LogP contribution is 2.67. The fourth-order valence-electron chi connectivity index (χ4n) is 3.07. The molecule has 2 aromatic carbocycles. The van der Waals surface area contributed by atoms with Crippen molar-refractivity contribution in [2.45, 2.75) is 18.8 Å². The van der Waals surface area contributed by atoms with Crippen LogP contribution >= 0.6 is 0 Å². The van der Waals surface area contributed by atoms with Gasteiger partial charge in [0.1, 0.15) is 0 Å². The summed E-state index contributed by atoms with van der Waals surface area (Å²) in [4.78, 5) is 0. The second-order valence-corrected chi connectivity index (χ2v) is 5.26. The average molecular weight is 233 g/mol. The van der Waals surface area contributed by atoms with Crippen LogP contribution in [0.3, 0.4) is 0 Å². The van der Waals surface area contributed by atoms with Crippen molar-refractivity contribution < 1.29 is 0 Å². The number of benzene rings is 2. The largest absolute Gasteiger partial charge is 0.198 e. The number of nitrogens with zero attached hydrogens (tertiary/aromatic N) is 1. The first-order chi connectivity index (χ1) is 8.73. The third-order valence-corrected chi connectivity index (χ3v) is 4.22. The molecular formula is C17H15N. The maximum absolute atomic E-state index is 9.47. The minimum absolute atomic E-state index is 0.121. The Hall–Kier alpha value is -2.07. The maximum atomic E-state index is 9.47. The molecular weight excluding hydrogens is 218 g/mol. The van der Waals surface area contributed by atoms with E-state index >= 15 is 0 Å². The number of hydrogen-bond acceptors (Lipinski definition) is 1.